The molecule has 1 aromatic heterocycles. The predicted molar refractivity (Wildman–Crippen MR) is 94.6 cm³/mol. The number of carbonyl (C=O) groups is 1. The molecule has 2 heterocycles. The number of H-pyrrole nitrogens is 1. The number of allylic oxidation sites excluding steroid dienone is 1. The van der Waals surface area contributed by atoms with Crippen LogP contribution in [0.25, 0.3) is 17.3 Å². The molecule has 0 saturated carbocycles. The van der Waals surface area contributed by atoms with Crippen molar-refractivity contribution < 1.29 is 18.7 Å². The summed E-state index contributed by atoms with van der Waals surface area (Å²) in [5, 5.41) is 7.03. The van der Waals surface area contributed by atoms with Crippen molar-refractivity contribution in [1.82, 2.24) is 10.2 Å². The Morgan fingerprint density at radius 2 is 2.00 bits per heavy atom. The van der Waals surface area contributed by atoms with E-state index in [4.69, 9.17) is 9.47 Å². The monoisotopic (exact) mass is 350 g/mol. The fourth-order valence-corrected chi connectivity index (χ4v) is 2.78. The maximum Gasteiger partial charge on any atom is 0.231 e. The van der Waals surface area contributed by atoms with Crippen molar-refractivity contribution in [3.63, 3.8) is 0 Å². The van der Waals surface area contributed by atoms with Crippen LogP contribution >= 0.6 is 0 Å². The molecule has 0 radical (unpaired) electrons. The number of rotatable bonds is 4. The van der Waals surface area contributed by atoms with Gasteiger partial charge < -0.3 is 9.47 Å². The van der Waals surface area contributed by atoms with Gasteiger partial charge in [-0.2, -0.15) is 5.10 Å². The van der Waals surface area contributed by atoms with Crippen molar-refractivity contribution in [2.75, 3.05) is 6.79 Å². The van der Waals surface area contributed by atoms with E-state index >= 15 is 0 Å². The summed E-state index contributed by atoms with van der Waals surface area (Å²) in [6.07, 6.45) is 3.13. The van der Waals surface area contributed by atoms with Crippen LogP contribution in [0.1, 0.15) is 21.6 Å². The van der Waals surface area contributed by atoms with Crippen molar-refractivity contribution >= 4 is 11.9 Å². The second-order valence-corrected chi connectivity index (χ2v) is 5.94. The Labute approximate surface area is 149 Å². The Balaban J connectivity index is 1.52. The van der Waals surface area contributed by atoms with E-state index in [1.807, 2.05) is 6.92 Å². The number of carbonyl (C=O) groups excluding carboxylic acids is 1. The van der Waals surface area contributed by atoms with Crippen molar-refractivity contribution in [3.05, 3.63) is 71.2 Å². The SMILES string of the molecule is Cc1cc(C(=O)C=Cc2cc(-c3ccc(F)cc3)n[nH]2)cc2c1OCO2. The van der Waals surface area contributed by atoms with Crippen molar-refractivity contribution in [2.24, 2.45) is 0 Å². The molecule has 0 atom stereocenters. The second-order valence-electron chi connectivity index (χ2n) is 5.94. The average molecular weight is 350 g/mol. The van der Waals surface area contributed by atoms with Gasteiger partial charge >= 0.3 is 0 Å². The zero-order chi connectivity index (χ0) is 18.1. The number of aromatic amines is 1. The lowest BCUT2D eigenvalue weighted by atomic mass is 10.1. The molecular weight excluding hydrogens is 335 g/mol. The highest BCUT2D eigenvalue weighted by atomic mass is 19.1. The Morgan fingerprint density at radius 1 is 1.19 bits per heavy atom. The lowest BCUT2D eigenvalue weighted by molar-refractivity contribution is 0.104. The van der Waals surface area contributed by atoms with Crippen molar-refractivity contribution in [3.8, 4) is 22.8 Å². The first kappa shape index (κ1) is 16.1. The van der Waals surface area contributed by atoms with Crippen LogP contribution < -0.4 is 9.47 Å². The highest BCUT2D eigenvalue weighted by Gasteiger charge is 2.18. The molecule has 6 heteroatoms. The van der Waals surface area contributed by atoms with Crippen LogP contribution in [0, 0.1) is 12.7 Å². The molecule has 0 fully saturated rings. The minimum absolute atomic E-state index is 0.149. The van der Waals surface area contributed by atoms with Crippen LogP contribution in [0.4, 0.5) is 4.39 Å². The largest absolute Gasteiger partial charge is 0.454 e. The number of aromatic nitrogens is 2. The van der Waals surface area contributed by atoms with Crippen LogP contribution in [0.5, 0.6) is 11.5 Å². The standard InChI is InChI=1S/C20H15FN2O3/c1-12-8-14(9-19-20(12)26-11-25-19)18(24)7-6-16-10-17(23-22-16)13-2-4-15(21)5-3-13/h2-10H,11H2,1H3,(H,22,23). The number of benzene rings is 2. The molecule has 4 rings (SSSR count). The fraction of sp³-hybridized carbons (Fsp3) is 0.100. The first-order valence-corrected chi connectivity index (χ1v) is 8.04. The van der Waals surface area contributed by atoms with Gasteiger partial charge in [0.15, 0.2) is 17.3 Å². The molecule has 26 heavy (non-hydrogen) atoms. The summed E-state index contributed by atoms with van der Waals surface area (Å²) in [4.78, 5) is 12.4. The van der Waals surface area contributed by atoms with Crippen LogP contribution in [-0.2, 0) is 0 Å². The topological polar surface area (TPSA) is 64.2 Å². The number of nitrogens with zero attached hydrogens (tertiary/aromatic N) is 1. The second kappa shape index (κ2) is 6.48. The Hall–Kier alpha value is -3.41. The van der Waals surface area contributed by atoms with E-state index in [2.05, 4.69) is 10.2 Å². The molecule has 1 N–H and O–H groups in total. The highest BCUT2D eigenvalue weighted by Crippen LogP contribution is 2.36. The molecule has 1 aliphatic rings. The van der Waals surface area contributed by atoms with E-state index < -0.39 is 0 Å². The molecule has 0 spiro atoms. The number of nitrogens with one attached hydrogen (secondary N) is 1. The summed E-state index contributed by atoms with van der Waals surface area (Å²) in [7, 11) is 0. The number of ketones is 1. The van der Waals surface area contributed by atoms with E-state index in [9.17, 15) is 9.18 Å². The first-order valence-electron chi connectivity index (χ1n) is 8.04. The zero-order valence-corrected chi connectivity index (χ0v) is 14.0. The summed E-state index contributed by atoms with van der Waals surface area (Å²) in [5.41, 5.74) is 3.53. The first-order chi connectivity index (χ1) is 12.6. The predicted octanol–water partition coefficient (Wildman–Crippen LogP) is 4.15. The van der Waals surface area contributed by atoms with E-state index in [1.54, 1.807) is 36.4 Å². The highest BCUT2D eigenvalue weighted by molar-refractivity contribution is 6.07. The van der Waals surface area contributed by atoms with E-state index in [0.717, 1.165) is 11.1 Å². The van der Waals surface area contributed by atoms with Gasteiger partial charge in [-0.1, -0.05) is 0 Å². The third kappa shape index (κ3) is 3.09. The summed E-state index contributed by atoms with van der Waals surface area (Å²) in [6.45, 7) is 2.04. The van der Waals surface area contributed by atoms with Gasteiger partial charge in [-0.25, -0.2) is 4.39 Å². The molecule has 0 saturated heterocycles. The molecular formula is C20H15FN2O3. The van der Waals surface area contributed by atoms with Crippen molar-refractivity contribution in [2.45, 2.75) is 6.92 Å². The van der Waals surface area contributed by atoms with Gasteiger partial charge in [-0.15, -0.1) is 0 Å². The van der Waals surface area contributed by atoms with Crippen molar-refractivity contribution in [1.29, 1.82) is 0 Å². The fourth-order valence-electron chi connectivity index (χ4n) is 2.78. The van der Waals surface area contributed by atoms with E-state index in [1.165, 1.54) is 18.2 Å². The van der Waals surface area contributed by atoms with Crippen LogP contribution in [-0.4, -0.2) is 22.8 Å². The third-order valence-corrected chi connectivity index (χ3v) is 4.09. The molecule has 3 aromatic rings. The summed E-state index contributed by atoms with van der Waals surface area (Å²) in [6, 6.07) is 11.3. The number of fused-ring (bicyclic) bond motifs is 1. The summed E-state index contributed by atoms with van der Waals surface area (Å²) in [5.74, 6) is 0.822. The number of hydrogen-bond acceptors (Lipinski definition) is 4. The third-order valence-electron chi connectivity index (χ3n) is 4.09. The maximum absolute atomic E-state index is 13.0. The molecule has 1 aliphatic heterocycles. The molecule has 130 valence electrons. The lowest BCUT2D eigenvalue weighted by Gasteiger charge is -2.03. The van der Waals surface area contributed by atoms with Crippen LogP contribution in [0.2, 0.25) is 0 Å². The molecule has 0 amide bonds. The molecule has 0 bridgehead atoms. The van der Waals surface area contributed by atoms with Crippen LogP contribution in [0.3, 0.4) is 0 Å². The van der Waals surface area contributed by atoms with Gasteiger partial charge in [0.2, 0.25) is 6.79 Å². The molecule has 5 nitrogen and oxygen atoms in total. The summed E-state index contributed by atoms with van der Waals surface area (Å²) >= 11 is 0. The smallest absolute Gasteiger partial charge is 0.231 e. The number of ether oxygens (including phenoxy) is 2. The van der Waals surface area contributed by atoms with Gasteiger partial charge in [0.05, 0.1) is 11.4 Å². The quantitative estimate of drug-likeness (QED) is 0.567. The van der Waals surface area contributed by atoms with Crippen LogP contribution in [0.15, 0.2) is 48.5 Å². The number of aryl methyl sites for hydroxylation is 1. The van der Waals surface area contributed by atoms with Gasteiger partial charge in [-0.3, -0.25) is 9.89 Å². The van der Waals surface area contributed by atoms with Gasteiger partial charge in [0, 0.05) is 11.1 Å². The number of halogens is 1. The zero-order valence-electron chi connectivity index (χ0n) is 14.0. The van der Waals surface area contributed by atoms with E-state index in [-0.39, 0.29) is 18.4 Å². The van der Waals surface area contributed by atoms with Gasteiger partial charge in [0.1, 0.15) is 5.82 Å². The molecule has 0 unspecified atom stereocenters. The Kier molecular flexibility index (Phi) is 4.01. The van der Waals surface area contributed by atoms with Gasteiger partial charge in [0.25, 0.3) is 0 Å². The molecule has 0 aliphatic carbocycles. The normalized spacial score (nSPS) is 12.7. The minimum Gasteiger partial charge on any atom is -0.454 e. The van der Waals surface area contributed by atoms with Gasteiger partial charge in [-0.05, 0) is 67.1 Å². The summed E-state index contributed by atoms with van der Waals surface area (Å²) < 4.78 is 23.7. The Bertz CT molecular complexity index is 1010. The average Bonchev–Trinajstić information content (AvgIpc) is 3.29. The minimum atomic E-state index is -0.297. The lowest BCUT2D eigenvalue weighted by Crippen LogP contribution is -1.95. The van der Waals surface area contributed by atoms with E-state index in [0.29, 0.717) is 28.5 Å². The maximum atomic E-state index is 13.0. The Morgan fingerprint density at radius 3 is 2.81 bits per heavy atom. The molecule has 2 aromatic carbocycles. The number of hydrogen-bond donors (Lipinski definition) is 1.